The summed E-state index contributed by atoms with van der Waals surface area (Å²) in [5, 5.41) is 8.90. The number of anilines is 1. The molecule has 2 heterocycles. The van der Waals surface area contributed by atoms with Gasteiger partial charge in [-0.1, -0.05) is 0 Å². The number of nitrogens with zero attached hydrogens (tertiary/aromatic N) is 5. The Kier molecular flexibility index (Phi) is 8.17. The van der Waals surface area contributed by atoms with Crippen LogP contribution >= 0.6 is 0 Å². The van der Waals surface area contributed by atoms with Crippen LogP contribution in [0.2, 0.25) is 0 Å². The Morgan fingerprint density at radius 1 is 1.10 bits per heavy atom. The molecule has 0 unspecified atom stereocenters. The van der Waals surface area contributed by atoms with Crippen LogP contribution in [0.3, 0.4) is 0 Å². The summed E-state index contributed by atoms with van der Waals surface area (Å²) in [5.74, 6) is 1.17. The average molecular weight is 405 g/mol. The van der Waals surface area contributed by atoms with E-state index in [-0.39, 0.29) is 23.9 Å². The second-order valence-corrected chi connectivity index (χ2v) is 7.82. The predicted octanol–water partition coefficient (Wildman–Crippen LogP) is -0.405. The third-order valence-electron chi connectivity index (χ3n) is 4.25. The normalized spacial score (nSPS) is 15.1. The molecule has 10 nitrogen and oxygen atoms in total. The molecule has 10 heteroatoms. The summed E-state index contributed by atoms with van der Waals surface area (Å²) >= 11 is 0. The van der Waals surface area contributed by atoms with Gasteiger partial charge in [0.15, 0.2) is 5.96 Å². The van der Waals surface area contributed by atoms with Crippen molar-refractivity contribution < 1.29 is 9.59 Å². The Hall–Kier alpha value is -2.91. The van der Waals surface area contributed by atoms with Crippen LogP contribution in [0.15, 0.2) is 23.5 Å². The second kappa shape index (κ2) is 10.6. The topological polar surface area (TPSA) is 115 Å². The fourth-order valence-electron chi connectivity index (χ4n) is 2.90. The summed E-state index contributed by atoms with van der Waals surface area (Å²) in [6, 6.07) is 1.79. The van der Waals surface area contributed by atoms with E-state index in [4.69, 9.17) is 0 Å². The molecule has 0 radical (unpaired) electrons. The molecule has 29 heavy (non-hydrogen) atoms. The van der Waals surface area contributed by atoms with Crippen molar-refractivity contribution in [3.05, 3.63) is 18.5 Å². The van der Waals surface area contributed by atoms with Crippen molar-refractivity contribution in [3.8, 4) is 0 Å². The average Bonchev–Trinajstić information content (AvgIpc) is 2.70. The molecule has 1 aromatic heterocycles. The number of rotatable bonds is 6. The van der Waals surface area contributed by atoms with Crippen molar-refractivity contribution in [1.82, 2.24) is 30.8 Å². The smallest absolute Gasteiger partial charge is 0.239 e. The second-order valence-electron chi connectivity index (χ2n) is 7.82. The van der Waals surface area contributed by atoms with E-state index in [1.807, 2.05) is 25.7 Å². The number of carbonyl (C=O) groups is 2. The molecule has 160 valence electrons. The van der Waals surface area contributed by atoms with Crippen LogP contribution in [-0.2, 0) is 9.59 Å². The lowest BCUT2D eigenvalue weighted by atomic mass is 10.1. The summed E-state index contributed by atoms with van der Waals surface area (Å²) in [4.78, 5) is 40.8. The van der Waals surface area contributed by atoms with Gasteiger partial charge >= 0.3 is 0 Å². The van der Waals surface area contributed by atoms with Crippen LogP contribution < -0.4 is 20.9 Å². The van der Waals surface area contributed by atoms with Crippen molar-refractivity contribution in [2.75, 3.05) is 51.2 Å². The van der Waals surface area contributed by atoms with Crippen LogP contribution in [0.25, 0.3) is 0 Å². The van der Waals surface area contributed by atoms with Crippen LogP contribution in [0, 0.1) is 0 Å². The number of guanidine groups is 1. The van der Waals surface area contributed by atoms with Crippen LogP contribution in [0.4, 0.5) is 5.95 Å². The van der Waals surface area contributed by atoms with Gasteiger partial charge in [0.2, 0.25) is 17.8 Å². The van der Waals surface area contributed by atoms with Gasteiger partial charge in [0, 0.05) is 64.1 Å². The largest absolute Gasteiger partial charge is 0.356 e. The van der Waals surface area contributed by atoms with Gasteiger partial charge in [0.25, 0.3) is 0 Å². The van der Waals surface area contributed by atoms with E-state index in [1.54, 1.807) is 25.5 Å². The maximum Gasteiger partial charge on any atom is 0.239 e. The van der Waals surface area contributed by atoms with Crippen molar-refractivity contribution in [3.63, 3.8) is 0 Å². The maximum absolute atomic E-state index is 12.4. The first-order valence-electron chi connectivity index (χ1n) is 9.84. The highest BCUT2D eigenvalue weighted by molar-refractivity contribution is 5.87. The Balaban J connectivity index is 1.66. The van der Waals surface area contributed by atoms with E-state index in [2.05, 4.69) is 35.8 Å². The first-order chi connectivity index (χ1) is 13.8. The van der Waals surface area contributed by atoms with Crippen molar-refractivity contribution in [2.45, 2.75) is 32.7 Å². The highest BCUT2D eigenvalue weighted by Crippen LogP contribution is 2.10. The molecule has 2 amide bonds. The van der Waals surface area contributed by atoms with Crippen molar-refractivity contribution >= 4 is 23.7 Å². The quantitative estimate of drug-likeness (QED) is 0.436. The van der Waals surface area contributed by atoms with Crippen molar-refractivity contribution in [2.24, 2.45) is 4.99 Å². The van der Waals surface area contributed by atoms with Crippen LogP contribution in [0.1, 0.15) is 27.2 Å². The highest BCUT2D eigenvalue weighted by atomic mass is 16.2. The number of nitrogens with one attached hydrogen (secondary N) is 3. The van der Waals surface area contributed by atoms with Gasteiger partial charge in [-0.3, -0.25) is 14.6 Å². The van der Waals surface area contributed by atoms with E-state index in [0.29, 0.717) is 38.0 Å². The zero-order valence-electron chi connectivity index (χ0n) is 17.7. The summed E-state index contributed by atoms with van der Waals surface area (Å²) in [6.07, 6.45) is 3.80. The molecular weight excluding hydrogens is 372 g/mol. The van der Waals surface area contributed by atoms with Crippen molar-refractivity contribution in [1.29, 1.82) is 0 Å². The first kappa shape index (κ1) is 22.4. The Labute approximate surface area is 172 Å². The SMILES string of the molecule is CN=C(NCCC(=O)N1CCN(c2ncccn2)CC1)NCC(=O)NC(C)(C)C. The van der Waals surface area contributed by atoms with Gasteiger partial charge < -0.3 is 25.8 Å². The predicted molar refractivity (Wildman–Crippen MR) is 113 cm³/mol. The number of piperazine rings is 1. The molecule has 1 aliphatic heterocycles. The van der Waals surface area contributed by atoms with Gasteiger partial charge in [-0.25, -0.2) is 9.97 Å². The summed E-state index contributed by atoms with van der Waals surface area (Å²) in [6.45, 7) is 9.08. The molecule has 1 fully saturated rings. The minimum atomic E-state index is -0.279. The fraction of sp³-hybridized carbons (Fsp3) is 0.632. The van der Waals surface area contributed by atoms with E-state index in [9.17, 15) is 9.59 Å². The molecule has 1 saturated heterocycles. The minimum Gasteiger partial charge on any atom is -0.356 e. The van der Waals surface area contributed by atoms with Gasteiger partial charge in [-0.05, 0) is 26.8 Å². The lowest BCUT2D eigenvalue weighted by molar-refractivity contribution is -0.131. The molecule has 0 aliphatic carbocycles. The standard InChI is InChI=1S/C19H32N8O2/c1-19(2,3)25-15(28)14-24-17(20-4)21-9-6-16(29)26-10-12-27(13-11-26)18-22-7-5-8-23-18/h5,7-8H,6,9-14H2,1-4H3,(H,25,28)(H2,20,21,24). The molecule has 0 spiro atoms. The molecule has 3 N–H and O–H groups in total. The Bertz CT molecular complexity index is 694. The number of aliphatic imine (C=N–C) groups is 1. The fourth-order valence-corrected chi connectivity index (χ4v) is 2.90. The molecular formula is C19H32N8O2. The molecule has 1 aromatic rings. The minimum absolute atomic E-state index is 0.0899. The monoisotopic (exact) mass is 404 g/mol. The third-order valence-corrected chi connectivity index (χ3v) is 4.25. The zero-order chi connectivity index (χ0) is 21.3. The molecule has 0 aromatic carbocycles. The number of aromatic nitrogens is 2. The lowest BCUT2D eigenvalue weighted by Crippen LogP contribution is -2.50. The lowest BCUT2D eigenvalue weighted by Gasteiger charge is -2.34. The molecule has 0 bridgehead atoms. The Morgan fingerprint density at radius 3 is 2.34 bits per heavy atom. The van der Waals surface area contributed by atoms with Crippen LogP contribution in [0.5, 0.6) is 0 Å². The molecule has 2 rings (SSSR count). The van der Waals surface area contributed by atoms with E-state index < -0.39 is 0 Å². The number of hydrogen-bond donors (Lipinski definition) is 3. The van der Waals surface area contributed by atoms with E-state index in [1.165, 1.54) is 0 Å². The summed E-state index contributed by atoms with van der Waals surface area (Å²) in [5.41, 5.74) is -0.279. The third kappa shape index (κ3) is 7.92. The van der Waals surface area contributed by atoms with Crippen LogP contribution in [-0.4, -0.2) is 84.5 Å². The summed E-state index contributed by atoms with van der Waals surface area (Å²) in [7, 11) is 1.63. The first-order valence-corrected chi connectivity index (χ1v) is 9.84. The van der Waals surface area contributed by atoms with Gasteiger partial charge in [-0.2, -0.15) is 0 Å². The van der Waals surface area contributed by atoms with E-state index >= 15 is 0 Å². The number of amides is 2. The molecule has 1 aliphatic rings. The summed E-state index contributed by atoms with van der Waals surface area (Å²) < 4.78 is 0. The van der Waals surface area contributed by atoms with Gasteiger partial charge in [-0.15, -0.1) is 0 Å². The van der Waals surface area contributed by atoms with Gasteiger partial charge in [0.05, 0.1) is 6.54 Å². The maximum atomic E-state index is 12.4. The molecule has 0 saturated carbocycles. The van der Waals surface area contributed by atoms with Gasteiger partial charge in [0.1, 0.15) is 0 Å². The Morgan fingerprint density at radius 2 is 1.76 bits per heavy atom. The number of carbonyl (C=O) groups excluding carboxylic acids is 2. The number of hydrogen-bond acceptors (Lipinski definition) is 6. The molecule has 0 atom stereocenters. The zero-order valence-corrected chi connectivity index (χ0v) is 17.7. The van der Waals surface area contributed by atoms with E-state index in [0.717, 1.165) is 13.1 Å². The highest BCUT2D eigenvalue weighted by Gasteiger charge is 2.22.